The van der Waals surface area contributed by atoms with Crippen molar-refractivity contribution < 1.29 is 9.53 Å². The first kappa shape index (κ1) is 14.8. The highest BCUT2D eigenvalue weighted by Crippen LogP contribution is 2.14. The van der Waals surface area contributed by atoms with Crippen molar-refractivity contribution in [1.82, 2.24) is 0 Å². The summed E-state index contributed by atoms with van der Waals surface area (Å²) in [6, 6.07) is 7.44. The first-order valence-corrected chi connectivity index (χ1v) is 6.10. The van der Waals surface area contributed by atoms with E-state index in [4.69, 9.17) is 10.3 Å². The zero-order chi connectivity index (χ0) is 14.1. The van der Waals surface area contributed by atoms with E-state index in [2.05, 4.69) is 16.6 Å². The molecule has 0 fully saturated rings. The number of benzene rings is 1. The van der Waals surface area contributed by atoms with Gasteiger partial charge in [-0.25, -0.2) is 4.79 Å². The molecule has 1 aromatic carbocycles. The summed E-state index contributed by atoms with van der Waals surface area (Å²) in [5.74, 6) is -0.335. The third-order valence-corrected chi connectivity index (χ3v) is 2.54. The van der Waals surface area contributed by atoms with Gasteiger partial charge in [-0.1, -0.05) is 36.0 Å². The lowest BCUT2D eigenvalue weighted by Gasteiger charge is -2.04. The molecule has 0 aliphatic carbocycles. The lowest BCUT2D eigenvalue weighted by Crippen LogP contribution is -2.06. The second kappa shape index (κ2) is 7.95. The number of esters is 1. The molecule has 0 heterocycles. The van der Waals surface area contributed by atoms with Gasteiger partial charge in [0.25, 0.3) is 0 Å². The number of aryl methyl sites for hydroxylation is 1. The van der Waals surface area contributed by atoms with Crippen molar-refractivity contribution in [2.24, 2.45) is 5.11 Å². The quantitative estimate of drug-likeness (QED) is 0.185. The van der Waals surface area contributed by atoms with E-state index in [0.717, 1.165) is 19.3 Å². The Hall–Kier alpha value is -2.26. The normalized spacial score (nSPS) is 9.53. The lowest BCUT2D eigenvalue weighted by molar-refractivity contribution is -0.139. The number of hydrogen-bond donors (Lipinski definition) is 0. The Balaban J connectivity index is 2.24. The molecular formula is C14H17N3O2. The SMILES string of the molecule is C=C(C)C(=O)OCCCCc1ccc(N=[N+]=[N-])cc1. The van der Waals surface area contributed by atoms with Gasteiger partial charge in [0.2, 0.25) is 0 Å². The predicted molar refractivity (Wildman–Crippen MR) is 74.0 cm³/mol. The first-order valence-electron chi connectivity index (χ1n) is 6.10. The molecule has 0 aliphatic rings. The lowest BCUT2D eigenvalue weighted by atomic mass is 10.1. The summed E-state index contributed by atoms with van der Waals surface area (Å²) in [5.41, 5.74) is 10.5. The van der Waals surface area contributed by atoms with E-state index in [1.165, 1.54) is 5.56 Å². The number of carbonyl (C=O) groups excluding carboxylic acids is 1. The Morgan fingerprint density at radius 1 is 1.37 bits per heavy atom. The maximum absolute atomic E-state index is 11.1. The minimum Gasteiger partial charge on any atom is -0.462 e. The molecule has 0 unspecified atom stereocenters. The van der Waals surface area contributed by atoms with Gasteiger partial charge in [-0.15, -0.1) is 0 Å². The fourth-order valence-corrected chi connectivity index (χ4v) is 1.50. The molecule has 0 bridgehead atoms. The molecule has 0 radical (unpaired) electrons. The van der Waals surface area contributed by atoms with Gasteiger partial charge < -0.3 is 4.74 Å². The van der Waals surface area contributed by atoms with Crippen LogP contribution in [0.3, 0.4) is 0 Å². The summed E-state index contributed by atoms with van der Waals surface area (Å²) in [7, 11) is 0. The Bertz CT molecular complexity index is 488. The van der Waals surface area contributed by atoms with Crippen LogP contribution in [0.5, 0.6) is 0 Å². The maximum atomic E-state index is 11.1. The maximum Gasteiger partial charge on any atom is 0.333 e. The zero-order valence-corrected chi connectivity index (χ0v) is 11.0. The van der Waals surface area contributed by atoms with Crippen LogP contribution in [0.2, 0.25) is 0 Å². The minimum atomic E-state index is -0.335. The summed E-state index contributed by atoms with van der Waals surface area (Å²) >= 11 is 0. The van der Waals surface area contributed by atoms with E-state index in [0.29, 0.717) is 17.9 Å². The molecule has 0 N–H and O–H groups in total. The highest BCUT2D eigenvalue weighted by Gasteiger charge is 2.02. The molecule has 0 aliphatic heterocycles. The molecule has 0 atom stereocenters. The van der Waals surface area contributed by atoms with Crippen LogP contribution in [-0.4, -0.2) is 12.6 Å². The van der Waals surface area contributed by atoms with Crippen LogP contribution in [0.25, 0.3) is 10.4 Å². The summed E-state index contributed by atoms with van der Waals surface area (Å²) in [6.45, 7) is 5.57. The van der Waals surface area contributed by atoms with E-state index in [1.807, 2.05) is 12.1 Å². The molecule has 0 aromatic heterocycles. The molecule has 0 spiro atoms. The predicted octanol–water partition coefficient (Wildman–Crippen LogP) is 4.07. The minimum absolute atomic E-state index is 0.335. The molecule has 0 saturated carbocycles. The van der Waals surface area contributed by atoms with Crippen LogP contribution in [0.15, 0.2) is 41.5 Å². The van der Waals surface area contributed by atoms with Crippen molar-refractivity contribution in [3.8, 4) is 0 Å². The van der Waals surface area contributed by atoms with E-state index >= 15 is 0 Å². The van der Waals surface area contributed by atoms with Crippen LogP contribution >= 0.6 is 0 Å². The zero-order valence-electron chi connectivity index (χ0n) is 11.0. The van der Waals surface area contributed by atoms with Crippen LogP contribution < -0.4 is 0 Å². The van der Waals surface area contributed by atoms with Crippen LogP contribution in [0.4, 0.5) is 5.69 Å². The standard InChI is InChI=1S/C14H17N3O2/c1-11(2)14(18)19-10-4-3-5-12-6-8-13(9-7-12)16-17-15/h6-9H,1,3-5,10H2,2H3. The van der Waals surface area contributed by atoms with Crippen molar-refractivity contribution in [2.45, 2.75) is 26.2 Å². The van der Waals surface area contributed by atoms with Gasteiger partial charge in [0.1, 0.15) is 0 Å². The Morgan fingerprint density at radius 2 is 2.05 bits per heavy atom. The second-order valence-electron chi connectivity index (χ2n) is 4.23. The number of rotatable bonds is 7. The van der Waals surface area contributed by atoms with Crippen molar-refractivity contribution in [3.63, 3.8) is 0 Å². The monoisotopic (exact) mass is 259 g/mol. The van der Waals surface area contributed by atoms with Crippen LogP contribution in [-0.2, 0) is 16.0 Å². The molecule has 0 amide bonds. The third-order valence-electron chi connectivity index (χ3n) is 2.54. The topological polar surface area (TPSA) is 75.1 Å². The number of unbranched alkanes of at least 4 members (excludes halogenated alkanes) is 1. The molecule has 1 rings (SSSR count). The number of azide groups is 1. The highest BCUT2D eigenvalue weighted by atomic mass is 16.5. The smallest absolute Gasteiger partial charge is 0.333 e. The van der Waals surface area contributed by atoms with Crippen LogP contribution in [0.1, 0.15) is 25.3 Å². The summed E-state index contributed by atoms with van der Waals surface area (Å²) in [4.78, 5) is 13.8. The van der Waals surface area contributed by atoms with Crippen molar-refractivity contribution >= 4 is 11.7 Å². The largest absolute Gasteiger partial charge is 0.462 e. The molecular weight excluding hydrogens is 242 g/mol. The van der Waals surface area contributed by atoms with Gasteiger partial charge in [0, 0.05) is 16.2 Å². The summed E-state index contributed by atoms with van der Waals surface area (Å²) < 4.78 is 5.00. The molecule has 100 valence electrons. The Labute approximate surface area is 112 Å². The third kappa shape index (κ3) is 5.75. The highest BCUT2D eigenvalue weighted by molar-refractivity contribution is 5.86. The van der Waals surface area contributed by atoms with Crippen LogP contribution in [0, 0.1) is 0 Å². The Morgan fingerprint density at radius 3 is 2.63 bits per heavy atom. The average Bonchev–Trinajstić information content (AvgIpc) is 2.40. The second-order valence-corrected chi connectivity index (χ2v) is 4.23. The van der Waals surface area contributed by atoms with Gasteiger partial charge in [-0.05, 0) is 37.3 Å². The number of hydrogen-bond acceptors (Lipinski definition) is 3. The number of nitrogens with zero attached hydrogens (tertiary/aromatic N) is 3. The molecule has 1 aromatic rings. The van der Waals surface area contributed by atoms with Gasteiger partial charge >= 0.3 is 5.97 Å². The van der Waals surface area contributed by atoms with E-state index in [-0.39, 0.29) is 5.97 Å². The van der Waals surface area contributed by atoms with Crippen molar-refractivity contribution in [1.29, 1.82) is 0 Å². The van der Waals surface area contributed by atoms with Gasteiger partial charge in [-0.2, -0.15) is 0 Å². The molecule has 19 heavy (non-hydrogen) atoms. The average molecular weight is 259 g/mol. The van der Waals surface area contributed by atoms with Crippen molar-refractivity contribution in [3.05, 3.63) is 52.4 Å². The number of ether oxygens (including phenoxy) is 1. The Kier molecular flexibility index (Phi) is 6.19. The van der Waals surface area contributed by atoms with Gasteiger partial charge in [0.15, 0.2) is 0 Å². The summed E-state index contributed by atoms with van der Waals surface area (Å²) in [5, 5.41) is 3.51. The van der Waals surface area contributed by atoms with Gasteiger partial charge in [0.05, 0.1) is 6.61 Å². The van der Waals surface area contributed by atoms with Crippen molar-refractivity contribution in [2.75, 3.05) is 6.61 Å². The molecule has 5 nitrogen and oxygen atoms in total. The fourth-order valence-electron chi connectivity index (χ4n) is 1.50. The summed E-state index contributed by atoms with van der Waals surface area (Å²) in [6.07, 6.45) is 2.66. The van der Waals surface area contributed by atoms with E-state index in [9.17, 15) is 4.79 Å². The first-order chi connectivity index (χ1) is 9.13. The molecule has 5 heteroatoms. The van der Waals surface area contributed by atoms with E-state index < -0.39 is 0 Å². The number of carbonyl (C=O) groups is 1. The fraction of sp³-hybridized carbons (Fsp3) is 0.357. The van der Waals surface area contributed by atoms with E-state index in [1.54, 1.807) is 19.1 Å². The molecule has 0 saturated heterocycles. The van der Waals surface area contributed by atoms with Gasteiger partial charge in [-0.3, -0.25) is 0 Å².